The van der Waals surface area contributed by atoms with Crippen LogP contribution in [0.1, 0.15) is 41.8 Å². The van der Waals surface area contributed by atoms with Crippen LogP contribution in [0.2, 0.25) is 0 Å². The second kappa shape index (κ2) is 6.98. The molecule has 0 N–H and O–H groups in total. The van der Waals surface area contributed by atoms with Gasteiger partial charge in [-0.3, -0.25) is 4.79 Å². The average molecular weight is 395 g/mol. The number of carbonyl (C=O) groups excluding carboxylic acids is 1. The summed E-state index contributed by atoms with van der Waals surface area (Å²) in [5.41, 5.74) is 5.99. The SMILES string of the molecule is COc1ccc(C(=O)C2C=c3c(ccc4c3=CCc3ccccc3-4)C(C)(C)C2)cc1. The van der Waals surface area contributed by atoms with E-state index in [0.29, 0.717) is 0 Å². The van der Waals surface area contributed by atoms with Gasteiger partial charge in [0.2, 0.25) is 0 Å². The molecule has 3 aromatic rings. The van der Waals surface area contributed by atoms with E-state index in [9.17, 15) is 4.79 Å². The Morgan fingerprint density at radius 2 is 1.70 bits per heavy atom. The van der Waals surface area contributed by atoms with Gasteiger partial charge in [-0.25, -0.2) is 0 Å². The predicted octanol–water partition coefficient (Wildman–Crippen LogP) is 4.66. The smallest absolute Gasteiger partial charge is 0.169 e. The van der Waals surface area contributed by atoms with E-state index in [-0.39, 0.29) is 17.1 Å². The number of rotatable bonds is 3. The second-order valence-corrected chi connectivity index (χ2v) is 9.01. The first-order valence-electron chi connectivity index (χ1n) is 10.6. The van der Waals surface area contributed by atoms with Crippen LogP contribution in [-0.4, -0.2) is 12.9 Å². The number of Topliss-reactive ketones (excluding diaryl/α,β-unsaturated/α-hetero) is 1. The summed E-state index contributed by atoms with van der Waals surface area (Å²) < 4.78 is 5.24. The van der Waals surface area contributed by atoms with Crippen molar-refractivity contribution >= 4 is 17.9 Å². The van der Waals surface area contributed by atoms with Gasteiger partial charge >= 0.3 is 0 Å². The van der Waals surface area contributed by atoms with E-state index in [4.69, 9.17) is 4.74 Å². The summed E-state index contributed by atoms with van der Waals surface area (Å²) >= 11 is 0. The summed E-state index contributed by atoms with van der Waals surface area (Å²) in [6.07, 6.45) is 6.31. The Labute approximate surface area is 177 Å². The molecule has 1 unspecified atom stereocenters. The van der Waals surface area contributed by atoms with Crippen molar-refractivity contribution in [1.29, 1.82) is 0 Å². The second-order valence-electron chi connectivity index (χ2n) is 9.01. The van der Waals surface area contributed by atoms with Crippen molar-refractivity contribution < 1.29 is 9.53 Å². The highest BCUT2D eigenvalue weighted by Crippen LogP contribution is 2.35. The average Bonchev–Trinajstić information content (AvgIpc) is 2.77. The van der Waals surface area contributed by atoms with Crippen LogP contribution in [0.5, 0.6) is 5.75 Å². The molecule has 0 fully saturated rings. The largest absolute Gasteiger partial charge is 0.497 e. The Balaban J connectivity index is 1.66. The lowest BCUT2D eigenvalue weighted by molar-refractivity contribution is 0.0933. The van der Waals surface area contributed by atoms with Crippen LogP contribution in [0.15, 0.2) is 60.7 Å². The number of carbonyl (C=O) groups is 1. The van der Waals surface area contributed by atoms with Crippen molar-refractivity contribution in [3.8, 4) is 16.9 Å². The molecule has 0 saturated carbocycles. The van der Waals surface area contributed by atoms with Crippen molar-refractivity contribution in [3.05, 3.63) is 87.8 Å². The number of ketones is 1. The van der Waals surface area contributed by atoms with Crippen molar-refractivity contribution in [3.63, 3.8) is 0 Å². The molecule has 2 nitrogen and oxygen atoms in total. The first kappa shape index (κ1) is 18.9. The molecule has 2 aliphatic rings. The lowest BCUT2D eigenvalue weighted by Crippen LogP contribution is -2.43. The van der Waals surface area contributed by atoms with Crippen LogP contribution in [0.4, 0.5) is 0 Å². The molecule has 30 heavy (non-hydrogen) atoms. The minimum absolute atomic E-state index is 0.0588. The Morgan fingerprint density at radius 1 is 0.933 bits per heavy atom. The monoisotopic (exact) mass is 394 g/mol. The zero-order valence-electron chi connectivity index (χ0n) is 17.7. The summed E-state index contributed by atoms with van der Waals surface area (Å²) in [5, 5.41) is 2.52. The quantitative estimate of drug-likeness (QED) is 0.604. The topological polar surface area (TPSA) is 26.3 Å². The van der Waals surface area contributed by atoms with Crippen molar-refractivity contribution in [2.45, 2.75) is 32.1 Å². The Hall–Kier alpha value is -3.13. The third kappa shape index (κ3) is 2.99. The van der Waals surface area contributed by atoms with Gasteiger partial charge in [-0.05, 0) is 75.2 Å². The molecule has 0 saturated heterocycles. The van der Waals surface area contributed by atoms with E-state index in [2.05, 4.69) is 62.4 Å². The summed E-state index contributed by atoms with van der Waals surface area (Å²) in [4.78, 5) is 13.4. The minimum atomic E-state index is -0.127. The molecule has 2 heteroatoms. The van der Waals surface area contributed by atoms with Crippen LogP contribution < -0.4 is 15.2 Å². The van der Waals surface area contributed by atoms with Crippen molar-refractivity contribution in [2.75, 3.05) is 7.11 Å². The van der Waals surface area contributed by atoms with Gasteiger partial charge in [0.1, 0.15) is 5.75 Å². The van der Waals surface area contributed by atoms with Crippen LogP contribution >= 0.6 is 0 Å². The van der Waals surface area contributed by atoms with Crippen molar-refractivity contribution in [2.24, 2.45) is 5.92 Å². The number of methoxy groups -OCH3 is 1. The molecule has 0 bridgehead atoms. The fourth-order valence-corrected chi connectivity index (χ4v) is 5.09. The minimum Gasteiger partial charge on any atom is -0.497 e. The molecule has 0 radical (unpaired) electrons. The highest BCUT2D eigenvalue weighted by molar-refractivity contribution is 6.01. The van der Waals surface area contributed by atoms with E-state index in [0.717, 1.165) is 24.2 Å². The molecule has 150 valence electrons. The molecule has 0 heterocycles. The lowest BCUT2D eigenvalue weighted by atomic mass is 9.69. The molecule has 0 amide bonds. The molecular formula is C28H26O2. The van der Waals surface area contributed by atoms with Gasteiger partial charge in [0.15, 0.2) is 5.78 Å². The molecule has 0 aromatic heterocycles. The van der Waals surface area contributed by atoms with Gasteiger partial charge in [0.05, 0.1) is 7.11 Å². The summed E-state index contributed by atoms with van der Waals surface area (Å²) in [6.45, 7) is 4.52. The standard InChI is InChI=1S/C28H26O2/c1-28(2)17-20(27(29)19-8-11-21(30-3)12-9-19)16-25-24-13-10-18-6-4-5-7-22(18)23(24)14-15-26(25)28/h4-9,11-16,20H,10,17H2,1-3H3. The highest BCUT2D eigenvalue weighted by Gasteiger charge is 2.33. The molecular weight excluding hydrogens is 368 g/mol. The molecule has 2 aliphatic carbocycles. The predicted molar refractivity (Wildman–Crippen MR) is 122 cm³/mol. The van der Waals surface area contributed by atoms with Gasteiger partial charge in [-0.2, -0.15) is 0 Å². The Kier molecular flexibility index (Phi) is 4.39. The van der Waals surface area contributed by atoms with Crippen LogP contribution in [-0.2, 0) is 11.8 Å². The van der Waals surface area contributed by atoms with Gasteiger partial charge in [-0.1, -0.05) is 62.4 Å². The van der Waals surface area contributed by atoms with Gasteiger partial charge < -0.3 is 4.74 Å². The number of benzene rings is 3. The zero-order valence-corrected chi connectivity index (χ0v) is 17.7. The number of ether oxygens (including phenoxy) is 1. The fourth-order valence-electron chi connectivity index (χ4n) is 5.09. The van der Waals surface area contributed by atoms with Crippen LogP contribution in [0.25, 0.3) is 23.3 Å². The maximum atomic E-state index is 13.4. The first-order valence-corrected chi connectivity index (χ1v) is 10.6. The zero-order chi connectivity index (χ0) is 20.9. The number of hydrogen-bond donors (Lipinski definition) is 0. The Bertz CT molecular complexity index is 1260. The molecule has 1 atom stereocenters. The summed E-state index contributed by atoms with van der Waals surface area (Å²) in [5.74, 6) is 0.829. The first-order chi connectivity index (χ1) is 14.5. The van der Waals surface area contributed by atoms with Gasteiger partial charge in [-0.15, -0.1) is 0 Å². The van der Waals surface area contributed by atoms with E-state index in [1.54, 1.807) is 7.11 Å². The van der Waals surface area contributed by atoms with Crippen LogP contribution in [0.3, 0.4) is 0 Å². The maximum Gasteiger partial charge on any atom is 0.169 e. The van der Waals surface area contributed by atoms with Gasteiger partial charge in [0.25, 0.3) is 0 Å². The summed E-state index contributed by atoms with van der Waals surface area (Å²) in [6, 6.07) is 20.6. The van der Waals surface area contributed by atoms with Crippen LogP contribution in [0, 0.1) is 5.92 Å². The lowest BCUT2D eigenvalue weighted by Gasteiger charge is -2.34. The van der Waals surface area contributed by atoms with Crippen molar-refractivity contribution in [1.82, 2.24) is 0 Å². The maximum absolute atomic E-state index is 13.4. The Morgan fingerprint density at radius 3 is 2.47 bits per heavy atom. The van der Waals surface area contributed by atoms with E-state index in [1.807, 2.05) is 24.3 Å². The number of fused-ring (bicyclic) bond motifs is 5. The fraction of sp³-hybridized carbons (Fsp3) is 0.250. The van der Waals surface area contributed by atoms with E-state index >= 15 is 0 Å². The summed E-state index contributed by atoms with van der Waals surface area (Å²) in [7, 11) is 1.64. The third-order valence-corrected chi connectivity index (χ3v) is 6.66. The normalized spacial score (nSPS) is 18.2. The molecule has 0 spiro atoms. The molecule has 0 aliphatic heterocycles. The third-order valence-electron chi connectivity index (χ3n) is 6.66. The number of hydrogen-bond acceptors (Lipinski definition) is 2. The van der Waals surface area contributed by atoms with E-state index in [1.165, 1.54) is 32.7 Å². The van der Waals surface area contributed by atoms with E-state index < -0.39 is 0 Å². The van der Waals surface area contributed by atoms with Gasteiger partial charge in [0, 0.05) is 11.5 Å². The highest BCUT2D eigenvalue weighted by atomic mass is 16.5. The molecule has 5 rings (SSSR count). The molecule has 3 aromatic carbocycles.